The van der Waals surface area contributed by atoms with E-state index < -0.39 is 0 Å². The van der Waals surface area contributed by atoms with E-state index in [9.17, 15) is 4.79 Å². The minimum absolute atomic E-state index is 0.0146. The van der Waals surface area contributed by atoms with E-state index in [4.69, 9.17) is 9.15 Å². The summed E-state index contributed by atoms with van der Waals surface area (Å²) in [7, 11) is 1.88. The van der Waals surface area contributed by atoms with Crippen LogP contribution < -0.4 is 5.32 Å². The van der Waals surface area contributed by atoms with Gasteiger partial charge in [-0.15, -0.1) is 0 Å². The molecule has 0 bridgehead atoms. The number of nitrogens with zero attached hydrogens (tertiary/aromatic N) is 2. The van der Waals surface area contributed by atoms with Crippen molar-refractivity contribution in [3.8, 4) is 0 Å². The molecule has 4 rings (SSSR count). The Morgan fingerprint density at radius 3 is 3.04 bits per heavy atom. The summed E-state index contributed by atoms with van der Waals surface area (Å²) >= 11 is 0. The van der Waals surface area contributed by atoms with Crippen molar-refractivity contribution in [3.05, 3.63) is 48.2 Å². The molecule has 2 fully saturated rings. The molecule has 1 N–H and O–H groups in total. The van der Waals surface area contributed by atoms with E-state index in [0.717, 1.165) is 26.2 Å². The lowest BCUT2D eigenvalue weighted by Gasteiger charge is -2.19. The normalized spacial score (nSPS) is 26.6. The van der Waals surface area contributed by atoms with Gasteiger partial charge in [-0.25, -0.2) is 0 Å². The third-order valence-electron chi connectivity index (χ3n) is 5.20. The molecule has 6 heteroatoms. The van der Waals surface area contributed by atoms with E-state index in [1.807, 2.05) is 36.0 Å². The molecule has 2 aromatic heterocycles. The fourth-order valence-corrected chi connectivity index (χ4v) is 3.87. The number of likely N-dealkylation sites (tertiary alicyclic amines) is 1. The van der Waals surface area contributed by atoms with Crippen molar-refractivity contribution in [3.63, 3.8) is 0 Å². The number of fused-ring (bicyclic) bond motifs is 1. The second-order valence-electron chi connectivity index (χ2n) is 6.84. The van der Waals surface area contributed by atoms with Crippen molar-refractivity contribution in [2.45, 2.75) is 12.6 Å². The van der Waals surface area contributed by atoms with Gasteiger partial charge in [0.05, 0.1) is 25.2 Å². The average Bonchev–Trinajstić information content (AvgIpc) is 3.31. The van der Waals surface area contributed by atoms with Crippen molar-refractivity contribution in [2.24, 2.45) is 18.9 Å². The van der Waals surface area contributed by atoms with Crippen LogP contribution in [0.3, 0.4) is 0 Å². The molecule has 0 unspecified atom stereocenters. The number of carbonyl (C=O) groups excluding carboxylic acids is 1. The number of nitrogens with one attached hydrogen (secondary N) is 1. The van der Waals surface area contributed by atoms with Gasteiger partial charge in [-0.2, -0.15) is 0 Å². The largest absolute Gasteiger partial charge is 0.472 e. The number of ether oxygens (including phenoxy) is 1. The van der Waals surface area contributed by atoms with Gasteiger partial charge < -0.3 is 19.0 Å². The topological polar surface area (TPSA) is 59.6 Å². The number of furan rings is 1. The van der Waals surface area contributed by atoms with Crippen LogP contribution in [0.15, 0.2) is 41.3 Å². The van der Waals surface area contributed by atoms with Gasteiger partial charge in [-0.05, 0) is 18.2 Å². The number of aryl methyl sites for hydroxylation is 1. The lowest BCUT2D eigenvalue weighted by atomic mass is 9.93. The molecule has 2 aliphatic heterocycles. The van der Waals surface area contributed by atoms with Crippen molar-refractivity contribution < 1.29 is 13.9 Å². The number of rotatable bonds is 5. The number of hydrogen-bond acceptors (Lipinski definition) is 4. The molecule has 128 valence electrons. The van der Waals surface area contributed by atoms with Gasteiger partial charge in [0, 0.05) is 56.8 Å². The van der Waals surface area contributed by atoms with Crippen molar-refractivity contribution in [2.75, 3.05) is 26.2 Å². The van der Waals surface area contributed by atoms with E-state index in [0.29, 0.717) is 24.1 Å². The maximum atomic E-state index is 12.3. The lowest BCUT2D eigenvalue weighted by Crippen LogP contribution is -2.34. The predicted molar refractivity (Wildman–Crippen MR) is 88.5 cm³/mol. The van der Waals surface area contributed by atoms with Crippen LogP contribution >= 0.6 is 0 Å². The summed E-state index contributed by atoms with van der Waals surface area (Å²) in [6, 6.07) is 5.73. The first-order chi connectivity index (χ1) is 11.7. The Bertz CT molecular complexity index is 694. The summed E-state index contributed by atoms with van der Waals surface area (Å²) in [5, 5.41) is 3.07. The molecule has 0 saturated carbocycles. The van der Waals surface area contributed by atoms with Gasteiger partial charge in [0.1, 0.15) is 5.69 Å². The number of carbonyl (C=O) groups is 1. The first-order valence-corrected chi connectivity index (χ1v) is 8.45. The summed E-state index contributed by atoms with van der Waals surface area (Å²) in [6.07, 6.45) is 5.68. The van der Waals surface area contributed by atoms with Crippen LogP contribution in [0, 0.1) is 11.8 Å². The molecule has 0 spiro atoms. The molecule has 4 heterocycles. The Morgan fingerprint density at radius 1 is 1.38 bits per heavy atom. The molecule has 2 aliphatic rings. The Balaban J connectivity index is 1.31. The maximum absolute atomic E-state index is 12.3. The third-order valence-corrected chi connectivity index (χ3v) is 5.20. The van der Waals surface area contributed by atoms with Crippen molar-refractivity contribution in [1.82, 2.24) is 14.8 Å². The molecule has 0 radical (unpaired) electrons. The van der Waals surface area contributed by atoms with Crippen LogP contribution in [0.2, 0.25) is 0 Å². The SMILES string of the molecule is Cn1cccc1C(=O)NC[C@@H]1CO[C@@H]2CN(Cc3ccoc3)C[C@H]12. The smallest absolute Gasteiger partial charge is 0.267 e. The molecular formula is C18H23N3O3. The molecule has 2 aromatic rings. The van der Waals surface area contributed by atoms with Gasteiger partial charge in [-0.3, -0.25) is 9.69 Å². The molecule has 2 saturated heterocycles. The number of aromatic nitrogens is 1. The fraction of sp³-hybridized carbons (Fsp3) is 0.500. The van der Waals surface area contributed by atoms with Crippen LogP contribution in [0.5, 0.6) is 0 Å². The predicted octanol–water partition coefficient (Wildman–Crippen LogP) is 1.49. The van der Waals surface area contributed by atoms with Gasteiger partial charge in [-0.1, -0.05) is 0 Å². The van der Waals surface area contributed by atoms with Gasteiger partial charge in [0.15, 0.2) is 0 Å². The Morgan fingerprint density at radius 2 is 2.29 bits per heavy atom. The van der Waals surface area contributed by atoms with Crippen LogP contribution in [-0.4, -0.2) is 47.7 Å². The van der Waals surface area contributed by atoms with Crippen LogP contribution in [0.4, 0.5) is 0 Å². The summed E-state index contributed by atoms with van der Waals surface area (Å²) in [6.45, 7) is 4.28. The highest BCUT2D eigenvalue weighted by atomic mass is 16.5. The molecule has 0 aromatic carbocycles. The van der Waals surface area contributed by atoms with E-state index in [1.165, 1.54) is 5.56 Å². The Hall–Kier alpha value is -2.05. The summed E-state index contributed by atoms with van der Waals surface area (Å²) < 4.78 is 12.9. The first-order valence-electron chi connectivity index (χ1n) is 8.45. The first kappa shape index (κ1) is 15.5. The van der Waals surface area contributed by atoms with Crippen molar-refractivity contribution in [1.29, 1.82) is 0 Å². The van der Waals surface area contributed by atoms with E-state index in [2.05, 4.69) is 10.2 Å². The average molecular weight is 329 g/mol. The highest BCUT2D eigenvalue weighted by Crippen LogP contribution is 2.34. The van der Waals surface area contributed by atoms with Crippen LogP contribution in [-0.2, 0) is 18.3 Å². The molecule has 24 heavy (non-hydrogen) atoms. The van der Waals surface area contributed by atoms with Crippen molar-refractivity contribution >= 4 is 5.91 Å². The fourth-order valence-electron chi connectivity index (χ4n) is 3.87. The highest BCUT2D eigenvalue weighted by Gasteiger charge is 2.43. The number of amides is 1. The summed E-state index contributed by atoms with van der Waals surface area (Å²) in [5.74, 6) is 0.860. The van der Waals surface area contributed by atoms with Crippen LogP contribution in [0.1, 0.15) is 16.1 Å². The molecule has 1 amide bonds. The summed E-state index contributed by atoms with van der Waals surface area (Å²) in [5.41, 5.74) is 1.89. The molecule has 3 atom stereocenters. The second kappa shape index (κ2) is 6.45. The zero-order valence-corrected chi connectivity index (χ0v) is 13.9. The summed E-state index contributed by atoms with van der Waals surface area (Å²) in [4.78, 5) is 14.7. The maximum Gasteiger partial charge on any atom is 0.267 e. The highest BCUT2D eigenvalue weighted by molar-refractivity contribution is 5.92. The minimum atomic E-state index is -0.0146. The second-order valence-corrected chi connectivity index (χ2v) is 6.84. The number of hydrogen-bond donors (Lipinski definition) is 1. The molecule has 6 nitrogen and oxygen atoms in total. The Kier molecular flexibility index (Phi) is 4.16. The quantitative estimate of drug-likeness (QED) is 0.903. The van der Waals surface area contributed by atoms with Crippen LogP contribution in [0.25, 0.3) is 0 Å². The Labute approximate surface area is 141 Å². The van der Waals surface area contributed by atoms with E-state index in [-0.39, 0.29) is 12.0 Å². The molecule has 0 aliphatic carbocycles. The standard InChI is InChI=1S/C18H23N3O3/c1-20-5-2-3-16(20)18(22)19-7-14-12-24-17-10-21(9-15(14)17)8-13-4-6-23-11-13/h2-6,11,14-15,17H,7-10,12H2,1H3,(H,19,22)/t14-,15-,17-/m1/s1. The minimum Gasteiger partial charge on any atom is -0.472 e. The zero-order valence-electron chi connectivity index (χ0n) is 13.9. The van der Waals surface area contributed by atoms with Gasteiger partial charge in [0.25, 0.3) is 5.91 Å². The zero-order chi connectivity index (χ0) is 16.5. The van der Waals surface area contributed by atoms with E-state index in [1.54, 1.807) is 12.5 Å². The third kappa shape index (κ3) is 2.99. The van der Waals surface area contributed by atoms with Gasteiger partial charge >= 0.3 is 0 Å². The molecular weight excluding hydrogens is 306 g/mol. The van der Waals surface area contributed by atoms with E-state index >= 15 is 0 Å². The lowest BCUT2D eigenvalue weighted by molar-refractivity contribution is 0.0899. The monoisotopic (exact) mass is 329 g/mol. The van der Waals surface area contributed by atoms with Gasteiger partial charge in [0.2, 0.25) is 0 Å².